The van der Waals surface area contributed by atoms with Crippen LogP contribution in [0, 0.1) is 5.41 Å². The Labute approximate surface area is 110 Å². The standard InChI is InChI=1S/C10H18N6O3/c11-4-2-1-3-10(6(12)17)5-14-9(15-7(10)18)16-8(13)19/h1-5,11H2,(H2,12,17)(H4,13,14,15,16,18,19)/t10-/m1/s1. The predicted octanol–water partition coefficient (Wildman–Crippen LogP) is -2.26. The number of unbranched alkanes of at least 4 members (excludes halogenated alkanes) is 1. The molecule has 1 aliphatic heterocycles. The number of hydrogen-bond donors (Lipinski definition) is 5. The van der Waals surface area contributed by atoms with E-state index >= 15 is 0 Å². The van der Waals surface area contributed by atoms with Gasteiger partial charge in [-0.15, -0.1) is 0 Å². The van der Waals surface area contributed by atoms with Crippen LogP contribution >= 0.6 is 0 Å². The highest BCUT2D eigenvalue weighted by molar-refractivity contribution is 6.14. The summed E-state index contributed by atoms with van der Waals surface area (Å²) in [7, 11) is 0. The van der Waals surface area contributed by atoms with Gasteiger partial charge in [-0.2, -0.15) is 0 Å². The van der Waals surface area contributed by atoms with Crippen LogP contribution in [-0.2, 0) is 9.59 Å². The van der Waals surface area contributed by atoms with Crippen LogP contribution < -0.4 is 27.8 Å². The maximum Gasteiger partial charge on any atom is 0.318 e. The van der Waals surface area contributed by atoms with Crippen LogP contribution in [0.3, 0.4) is 0 Å². The number of urea groups is 1. The maximum atomic E-state index is 12.0. The Kier molecular flexibility index (Phi) is 4.81. The number of guanidine groups is 1. The van der Waals surface area contributed by atoms with E-state index in [0.717, 1.165) is 0 Å². The zero-order chi connectivity index (χ0) is 14.5. The van der Waals surface area contributed by atoms with Crippen LogP contribution in [0.1, 0.15) is 19.3 Å². The van der Waals surface area contributed by atoms with Gasteiger partial charge in [0.15, 0.2) is 0 Å². The number of amides is 4. The van der Waals surface area contributed by atoms with E-state index < -0.39 is 23.3 Å². The molecule has 1 heterocycles. The number of carbonyl (C=O) groups excluding carboxylic acids is 3. The molecule has 1 atom stereocenters. The Hall–Kier alpha value is -2.16. The molecule has 0 fully saturated rings. The number of nitrogens with one attached hydrogen (secondary N) is 2. The normalized spacial score (nSPS) is 22.4. The van der Waals surface area contributed by atoms with Crippen LogP contribution in [-0.4, -0.2) is 36.9 Å². The molecule has 0 aromatic heterocycles. The van der Waals surface area contributed by atoms with E-state index in [0.29, 0.717) is 19.4 Å². The SMILES string of the molecule is NCCCC[C@]1(C(N)=O)CN=C(NC(N)=O)NC1=O. The minimum Gasteiger partial charge on any atom is -0.369 e. The molecule has 0 aromatic rings. The molecular formula is C10H18N6O3. The fourth-order valence-electron chi connectivity index (χ4n) is 1.82. The molecule has 1 aliphatic rings. The van der Waals surface area contributed by atoms with Gasteiger partial charge in [-0.05, 0) is 19.4 Å². The molecule has 0 bridgehead atoms. The lowest BCUT2D eigenvalue weighted by molar-refractivity contribution is -0.141. The van der Waals surface area contributed by atoms with Crippen LogP contribution in [0.15, 0.2) is 4.99 Å². The Bertz CT molecular complexity index is 421. The molecule has 9 heteroatoms. The van der Waals surface area contributed by atoms with Crippen molar-refractivity contribution in [3.05, 3.63) is 0 Å². The van der Waals surface area contributed by atoms with Gasteiger partial charge < -0.3 is 17.2 Å². The number of nitrogens with two attached hydrogens (primary N) is 3. The summed E-state index contributed by atoms with van der Waals surface area (Å²) in [5.41, 5.74) is 14.2. The van der Waals surface area contributed by atoms with Crippen LogP contribution in [0.4, 0.5) is 4.79 Å². The van der Waals surface area contributed by atoms with Crippen molar-refractivity contribution in [1.82, 2.24) is 10.6 Å². The molecule has 8 N–H and O–H groups in total. The second-order valence-electron chi connectivity index (χ2n) is 4.30. The van der Waals surface area contributed by atoms with E-state index in [9.17, 15) is 14.4 Å². The lowest BCUT2D eigenvalue weighted by Crippen LogP contribution is -2.59. The molecule has 106 valence electrons. The molecule has 0 saturated heterocycles. The van der Waals surface area contributed by atoms with Gasteiger partial charge in [0.05, 0.1) is 6.54 Å². The Morgan fingerprint density at radius 3 is 2.53 bits per heavy atom. The quantitative estimate of drug-likeness (QED) is 0.281. The number of aliphatic imine (C=N–C) groups is 1. The van der Waals surface area contributed by atoms with Gasteiger partial charge in [0.1, 0.15) is 5.41 Å². The Morgan fingerprint density at radius 2 is 2.05 bits per heavy atom. The van der Waals surface area contributed by atoms with Gasteiger partial charge >= 0.3 is 6.03 Å². The van der Waals surface area contributed by atoms with E-state index in [4.69, 9.17) is 17.2 Å². The number of primary amides is 2. The zero-order valence-corrected chi connectivity index (χ0v) is 10.4. The van der Waals surface area contributed by atoms with Crippen molar-refractivity contribution in [2.45, 2.75) is 19.3 Å². The van der Waals surface area contributed by atoms with Gasteiger partial charge in [0.2, 0.25) is 17.8 Å². The summed E-state index contributed by atoms with van der Waals surface area (Å²) in [4.78, 5) is 38.2. The number of nitrogens with zero attached hydrogens (tertiary/aromatic N) is 1. The van der Waals surface area contributed by atoms with Gasteiger partial charge in [-0.25, -0.2) is 4.79 Å². The number of hydrogen-bond acceptors (Lipinski definition) is 5. The van der Waals surface area contributed by atoms with Crippen LogP contribution in [0.25, 0.3) is 0 Å². The fraction of sp³-hybridized carbons (Fsp3) is 0.600. The molecule has 0 aromatic carbocycles. The number of rotatable bonds is 5. The fourth-order valence-corrected chi connectivity index (χ4v) is 1.82. The van der Waals surface area contributed by atoms with E-state index in [1.54, 1.807) is 0 Å². The Balaban J connectivity index is 2.83. The first kappa shape index (κ1) is 14.9. The average Bonchev–Trinajstić information content (AvgIpc) is 2.31. The zero-order valence-electron chi connectivity index (χ0n) is 10.4. The smallest absolute Gasteiger partial charge is 0.318 e. The first-order chi connectivity index (χ1) is 8.92. The van der Waals surface area contributed by atoms with E-state index in [2.05, 4.69) is 15.6 Å². The summed E-state index contributed by atoms with van der Waals surface area (Å²) in [6.07, 6.45) is 1.53. The van der Waals surface area contributed by atoms with Crippen molar-refractivity contribution in [3.63, 3.8) is 0 Å². The second-order valence-corrected chi connectivity index (χ2v) is 4.30. The monoisotopic (exact) mass is 270 g/mol. The third-order valence-electron chi connectivity index (χ3n) is 2.94. The van der Waals surface area contributed by atoms with Crippen LogP contribution in [0.2, 0.25) is 0 Å². The van der Waals surface area contributed by atoms with Crippen molar-refractivity contribution >= 4 is 23.8 Å². The summed E-state index contributed by atoms with van der Waals surface area (Å²) in [5.74, 6) is -1.41. The molecule has 0 saturated carbocycles. The maximum absolute atomic E-state index is 12.0. The highest BCUT2D eigenvalue weighted by Gasteiger charge is 2.46. The summed E-state index contributed by atoms with van der Waals surface area (Å²) in [6.45, 7) is 0.350. The number of carbonyl (C=O) groups is 3. The summed E-state index contributed by atoms with van der Waals surface area (Å²) >= 11 is 0. The van der Waals surface area contributed by atoms with Crippen molar-refractivity contribution in [2.75, 3.05) is 13.1 Å². The third-order valence-corrected chi connectivity index (χ3v) is 2.94. The largest absolute Gasteiger partial charge is 0.369 e. The average molecular weight is 270 g/mol. The minimum absolute atomic E-state index is 0.0757. The first-order valence-corrected chi connectivity index (χ1v) is 5.84. The van der Waals surface area contributed by atoms with Crippen molar-refractivity contribution < 1.29 is 14.4 Å². The molecule has 0 radical (unpaired) electrons. The van der Waals surface area contributed by atoms with E-state index in [1.165, 1.54) is 0 Å². The Morgan fingerprint density at radius 1 is 1.37 bits per heavy atom. The lowest BCUT2D eigenvalue weighted by Gasteiger charge is -2.31. The molecule has 0 unspecified atom stereocenters. The van der Waals surface area contributed by atoms with Crippen molar-refractivity contribution in [1.29, 1.82) is 0 Å². The summed E-state index contributed by atoms with van der Waals surface area (Å²) < 4.78 is 0. The highest BCUT2D eigenvalue weighted by atomic mass is 16.2. The summed E-state index contributed by atoms with van der Waals surface area (Å²) in [5, 5.41) is 4.45. The van der Waals surface area contributed by atoms with Gasteiger partial charge in [0.25, 0.3) is 0 Å². The molecule has 1 rings (SSSR count). The molecule has 0 aliphatic carbocycles. The minimum atomic E-state index is -1.39. The topological polar surface area (TPSA) is 166 Å². The van der Waals surface area contributed by atoms with Crippen LogP contribution in [0.5, 0.6) is 0 Å². The molecule has 9 nitrogen and oxygen atoms in total. The van der Waals surface area contributed by atoms with Gasteiger partial charge in [0, 0.05) is 0 Å². The molecule has 19 heavy (non-hydrogen) atoms. The summed E-state index contributed by atoms with van der Waals surface area (Å²) in [6, 6.07) is -0.853. The predicted molar refractivity (Wildman–Crippen MR) is 67.7 cm³/mol. The van der Waals surface area contributed by atoms with E-state index in [1.807, 2.05) is 0 Å². The highest BCUT2D eigenvalue weighted by Crippen LogP contribution is 2.27. The van der Waals surface area contributed by atoms with Gasteiger partial charge in [-0.3, -0.25) is 25.2 Å². The molecular weight excluding hydrogens is 252 g/mol. The lowest BCUT2D eigenvalue weighted by atomic mass is 9.80. The van der Waals surface area contributed by atoms with Crippen molar-refractivity contribution in [2.24, 2.45) is 27.6 Å². The molecule has 4 amide bonds. The molecule has 0 spiro atoms. The second kappa shape index (κ2) is 6.14. The van der Waals surface area contributed by atoms with Gasteiger partial charge in [-0.1, -0.05) is 6.42 Å². The van der Waals surface area contributed by atoms with Crippen molar-refractivity contribution in [3.8, 4) is 0 Å². The van der Waals surface area contributed by atoms with E-state index in [-0.39, 0.29) is 18.9 Å². The first-order valence-electron chi connectivity index (χ1n) is 5.84. The third kappa shape index (κ3) is 3.41.